The fraction of sp³-hybridized carbons (Fsp3) is 0.562. The van der Waals surface area contributed by atoms with Crippen molar-refractivity contribution >= 4 is 11.6 Å². The van der Waals surface area contributed by atoms with Crippen LogP contribution in [-0.4, -0.2) is 25.7 Å². The number of carbonyl (C=O) groups is 1. The minimum atomic E-state index is 0.0756. The van der Waals surface area contributed by atoms with E-state index in [1.807, 2.05) is 18.2 Å². The maximum absolute atomic E-state index is 11.4. The zero-order chi connectivity index (χ0) is 14.4. The topological polar surface area (TPSA) is 47.6 Å². The number of anilines is 1. The third kappa shape index (κ3) is 4.53. The van der Waals surface area contributed by atoms with E-state index in [2.05, 4.69) is 19.2 Å². The van der Waals surface area contributed by atoms with Gasteiger partial charge in [0, 0.05) is 24.8 Å². The van der Waals surface area contributed by atoms with Crippen molar-refractivity contribution in [3.05, 3.63) is 23.8 Å². The van der Waals surface area contributed by atoms with Gasteiger partial charge in [0.25, 0.3) is 0 Å². The highest BCUT2D eigenvalue weighted by atomic mass is 16.5. The molecule has 2 rings (SSSR count). The molecule has 0 unspecified atom stereocenters. The largest absolute Gasteiger partial charge is 0.491 e. The Morgan fingerprint density at radius 3 is 2.85 bits per heavy atom. The van der Waals surface area contributed by atoms with Gasteiger partial charge in [-0.3, -0.25) is 4.79 Å². The van der Waals surface area contributed by atoms with Crippen molar-refractivity contribution in [1.29, 1.82) is 0 Å². The molecule has 0 saturated carbocycles. The van der Waals surface area contributed by atoms with Crippen LogP contribution in [0, 0.1) is 5.92 Å². The molecule has 1 aliphatic heterocycles. The molecule has 1 aromatic carbocycles. The second kappa shape index (κ2) is 7.29. The molecular weight excluding hydrogens is 254 g/mol. The first-order valence-corrected chi connectivity index (χ1v) is 7.28. The molecule has 0 aromatic heterocycles. The molecule has 1 amide bonds. The molecule has 0 aliphatic carbocycles. The average molecular weight is 277 g/mol. The molecule has 0 atom stereocenters. The highest BCUT2D eigenvalue weighted by Crippen LogP contribution is 2.26. The lowest BCUT2D eigenvalue weighted by molar-refractivity contribution is -0.116. The van der Waals surface area contributed by atoms with Gasteiger partial charge in [-0.05, 0) is 30.4 Å². The molecule has 1 heterocycles. The van der Waals surface area contributed by atoms with E-state index in [9.17, 15) is 4.79 Å². The van der Waals surface area contributed by atoms with Crippen LogP contribution in [0.3, 0.4) is 0 Å². The Kier molecular flexibility index (Phi) is 5.41. The Morgan fingerprint density at radius 2 is 2.05 bits per heavy atom. The quantitative estimate of drug-likeness (QED) is 0.779. The first-order chi connectivity index (χ1) is 9.65. The number of aryl methyl sites for hydroxylation is 1. The second-order valence-electron chi connectivity index (χ2n) is 5.51. The van der Waals surface area contributed by atoms with E-state index in [1.165, 1.54) is 5.56 Å². The summed E-state index contributed by atoms with van der Waals surface area (Å²) in [4.78, 5) is 11.4. The van der Waals surface area contributed by atoms with Crippen molar-refractivity contribution in [2.45, 2.75) is 33.1 Å². The molecule has 4 nitrogen and oxygen atoms in total. The fourth-order valence-electron chi connectivity index (χ4n) is 2.08. The SMILES string of the molecule is CC(C)CCOCCOc1ccc2c(c1)NC(=O)CC2. The van der Waals surface area contributed by atoms with Crippen LogP contribution in [0.4, 0.5) is 5.69 Å². The lowest BCUT2D eigenvalue weighted by atomic mass is 10.0. The van der Waals surface area contributed by atoms with Crippen LogP contribution in [0.25, 0.3) is 0 Å². The van der Waals surface area contributed by atoms with Crippen LogP contribution in [0.15, 0.2) is 18.2 Å². The Balaban J connectivity index is 1.74. The summed E-state index contributed by atoms with van der Waals surface area (Å²) >= 11 is 0. The molecule has 110 valence electrons. The third-order valence-electron chi connectivity index (χ3n) is 3.31. The van der Waals surface area contributed by atoms with Crippen LogP contribution in [-0.2, 0) is 16.0 Å². The summed E-state index contributed by atoms with van der Waals surface area (Å²) in [5, 5.41) is 2.87. The number of hydrogen-bond donors (Lipinski definition) is 1. The first-order valence-electron chi connectivity index (χ1n) is 7.28. The summed E-state index contributed by atoms with van der Waals surface area (Å²) < 4.78 is 11.1. The number of hydrogen-bond acceptors (Lipinski definition) is 3. The fourth-order valence-corrected chi connectivity index (χ4v) is 2.08. The minimum Gasteiger partial charge on any atom is -0.491 e. The first kappa shape index (κ1) is 14.9. The highest BCUT2D eigenvalue weighted by molar-refractivity contribution is 5.94. The van der Waals surface area contributed by atoms with Gasteiger partial charge in [-0.1, -0.05) is 19.9 Å². The summed E-state index contributed by atoms with van der Waals surface area (Å²) in [6.45, 7) is 6.27. The molecule has 0 bridgehead atoms. The van der Waals surface area contributed by atoms with Crippen LogP contribution >= 0.6 is 0 Å². The maximum atomic E-state index is 11.4. The minimum absolute atomic E-state index is 0.0756. The van der Waals surface area contributed by atoms with Crippen molar-refractivity contribution in [1.82, 2.24) is 0 Å². The molecule has 0 saturated heterocycles. The van der Waals surface area contributed by atoms with Crippen LogP contribution in [0.2, 0.25) is 0 Å². The van der Waals surface area contributed by atoms with Crippen molar-refractivity contribution in [3.8, 4) is 5.75 Å². The van der Waals surface area contributed by atoms with E-state index in [0.29, 0.717) is 25.6 Å². The van der Waals surface area contributed by atoms with E-state index >= 15 is 0 Å². The Hall–Kier alpha value is -1.55. The predicted octanol–water partition coefficient (Wildman–Crippen LogP) is 3.01. The molecule has 0 spiro atoms. The molecular formula is C16H23NO3. The Bertz CT molecular complexity index is 457. The van der Waals surface area contributed by atoms with E-state index in [1.54, 1.807) is 0 Å². The lowest BCUT2D eigenvalue weighted by Gasteiger charge is -2.17. The van der Waals surface area contributed by atoms with E-state index in [0.717, 1.165) is 30.9 Å². The monoisotopic (exact) mass is 277 g/mol. The summed E-state index contributed by atoms with van der Waals surface area (Å²) in [7, 11) is 0. The van der Waals surface area contributed by atoms with Gasteiger partial charge in [0.15, 0.2) is 0 Å². The van der Waals surface area contributed by atoms with E-state index in [-0.39, 0.29) is 5.91 Å². The Labute approximate surface area is 120 Å². The molecule has 1 N–H and O–H groups in total. The molecule has 1 aliphatic rings. The smallest absolute Gasteiger partial charge is 0.224 e. The molecule has 1 aromatic rings. The highest BCUT2D eigenvalue weighted by Gasteiger charge is 2.14. The van der Waals surface area contributed by atoms with Gasteiger partial charge >= 0.3 is 0 Å². The van der Waals surface area contributed by atoms with Gasteiger partial charge in [0.1, 0.15) is 12.4 Å². The summed E-state index contributed by atoms with van der Waals surface area (Å²) in [6.07, 6.45) is 2.45. The number of ether oxygens (including phenoxy) is 2. The van der Waals surface area contributed by atoms with Gasteiger partial charge in [0.05, 0.1) is 6.61 Å². The number of carbonyl (C=O) groups excluding carboxylic acids is 1. The zero-order valence-corrected chi connectivity index (χ0v) is 12.3. The van der Waals surface area contributed by atoms with Crippen molar-refractivity contribution < 1.29 is 14.3 Å². The van der Waals surface area contributed by atoms with Crippen LogP contribution in [0.5, 0.6) is 5.75 Å². The van der Waals surface area contributed by atoms with Crippen LogP contribution in [0.1, 0.15) is 32.3 Å². The third-order valence-corrected chi connectivity index (χ3v) is 3.31. The van der Waals surface area contributed by atoms with E-state index < -0.39 is 0 Å². The van der Waals surface area contributed by atoms with Gasteiger partial charge in [0.2, 0.25) is 5.91 Å². The number of amides is 1. The van der Waals surface area contributed by atoms with Gasteiger partial charge in [-0.15, -0.1) is 0 Å². The predicted molar refractivity (Wildman–Crippen MR) is 79.2 cm³/mol. The maximum Gasteiger partial charge on any atom is 0.224 e. The molecule has 4 heteroatoms. The second-order valence-corrected chi connectivity index (χ2v) is 5.51. The standard InChI is InChI=1S/C16H23NO3/c1-12(2)7-8-19-9-10-20-14-5-3-13-4-6-16(18)17-15(13)11-14/h3,5,11-12H,4,6-10H2,1-2H3,(H,17,18). The Morgan fingerprint density at radius 1 is 1.20 bits per heavy atom. The zero-order valence-electron chi connectivity index (χ0n) is 12.3. The van der Waals surface area contributed by atoms with E-state index in [4.69, 9.17) is 9.47 Å². The van der Waals surface area contributed by atoms with Gasteiger partial charge in [-0.25, -0.2) is 0 Å². The van der Waals surface area contributed by atoms with Crippen LogP contribution < -0.4 is 10.1 Å². The van der Waals surface area contributed by atoms with Crippen molar-refractivity contribution in [2.75, 3.05) is 25.1 Å². The van der Waals surface area contributed by atoms with Crippen molar-refractivity contribution in [2.24, 2.45) is 5.92 Å². The lowest BCUT2D eigenvalue weighted by Crippen LogP contribution is -2.19. The molecule has 0 radical (unpaired) electrons. The normalized spacial score (nSPS) is 14.1. The van der Waals surface area contributed by atoms with Gasteiger partial charge in [-0.2, -0.15) is 0 Å². The number of benzene rings is 1. The molecule has 0 fully saturated rings. The summed E-state index contributed by atoms with van der Waals surface area (Å²) in [5.74, 6) is 1.52. The van der Waals surface area contributed by atoms with Crippen molar-refractivity contribution in [3.63, 3.8) is 0 Å². The number of fused-ring (bicyclic) bond motifs is 1. The molecule has 20 heavy (non-hydrogen) atoms. The van der Waals surface area contributed by atoms with Gasteiger partial charge < -0.3 is 14.8 Å². The number of rotatable bonds is 7. The average Bonchev–Trinajstić information content (AvgIpc) is 2.42. The summed E-state index contributed by atoms with van der Waals surface area (Å²) in [5.41, 5.74) is 2.05. The summed E-state index contributed by atoms with van der Waals surface area (Å²) in [6, 6.07) is 5.86. The number of nitrogens with one attached hydrogen (secondary N) is 1.